The van der Waals surface area contributed by atoms with Crippen LogP contribution >= 0.6 is 0 Å². The fourth-order valence-corrected chi connectivity index (χ4v) is 0.561. The van der Waals surface area contributed by atoms with Crippen molar-refractivity contribution in [2.24, 2.45) is 0 Å². The molecular formula is C6F4N2. The van der Waals surface area contributed by atoms with Gasteiger partial charge in [-0.25, -0.2) is 13.8 Å². The quantitative estimate of drug-likeness (QED) is 0.443. The molecule has 0 radical (unpaired) electrons. The van der Waals surface area contributed by atoms with Crippen LogP contribution in [0.3, 0.4) is 0 Å². The second-order valence-corrected chi connectivity index (χ2v) is 1.80. The highest BCUT2D eigenvalue weighted by atomic mass is 19.2. The van der Waals surface area contributed by atoms with E-state index in [1.807, 2.05) is 0 Å². The van der Waals surface area contributed by atoms with Crippen LogP contribution in [0.5, 0.6) is 0 Å². The van der Waals surface area contributed by atoms with E-state index < -0.39 is 29.1 Å². The molecule has 0 unspecified atom stereocenters. The normalized spacial score (nSPS) is 9.58. The molecular weight excluding hydrogens is 176 g/mol. The van der Waals surface area contributed by atoms with E-state index in [9.17, 15) is 17.6 Å². The van der Waals surface area contributed by atoms with Crippen molar-refractivity contribution in [1.82, 2.24) is 4.98 Å². The molecule has 0 spiro atoms. The third-order valence-corrected chi connectivity index (χ3v) is 1.09. The summed E-state index contributed by atoms with van der Waals surface area (Å²) >= 11 is 0. The fraction of sp³-hybridized carbons (Fsp3) is 0. The van der Waals surface area contributed by atoms with Gasteiger partial charge in [-0.3, -0.25) is 0 Å². The fourth-order valence-electron chi connectivity index (χ4n) is 0.561. The summed E-state index contributed by atoms with van der Waals surface area (Å²) in [6.45, 7) is 0. The van der Waals surface area contributed by atoms with Gasteiger partial charge in [-0.1, -0.05) is 0 Å². The van der Waals surface area contributed by atoms with Gasteiger partial charge in [0.25, 0.3) is 5.95 Å². The average molecular weight is 176 g/mol. The molecule has 0 N–H and O–H groups in total. The minimum absolute atomic E-state index is 1.07. The Morgan fingerprint density at radius 3 is 2.08 bits per heavy atom. The van der Waals surface area contributed by atoms with Gasteiger partial charge in [0.05, 0.1) is 0 Å². The lowest BCUT2D eigenvalue weighted by Crippen LogP contribution is -2.03. The van der Waals surface area contributed by atoms with Crippen LogP contribution in [-0.2, 0) is 0 Å². The third-order valence-electron chi connectivity index (χ3n) is 1.09. The molecule has 0 saturated heterocycles. The van der Waals surface area contributed by atoms with Crippen molar-refractivity contribution in [3.63, 3.8) is 0 Å². The molecule has 1 aromatic heterocycles. The van der Waals surface area contributed by atoms with Gasteiger partial charge in [0.2, 0.25) is 11.6 Å². The number of halogens is 4. The van der Waals surface area contributed by atoms with E-state index in [1.54, 1.807) is 0 Å². The predicted molar refractivity (Wildman–Crippen MR) is 28.8 cm³/mol. The summed E-state index contributed by atoms with van der Waals surface area (Å²) in [4.78, 5) is 2.53. The molecule has 12 heavy (non-hydrogen) atoms. The maximum atomic E-state index is 12.4. The summed E-state index contributed by atoms with van der Waals surface area (Å²) in [5.41, 5.74) is -1.11. The van der Waals surface area contributed by atoms with Crippen LogP contribution in [0, 0.1) is 34.7 Å². The first-order valence-corrected chi connectivity index (χ1v) is 2.68. The second-order valence-electron chi connectivity index (χ2n) is 1.80. The SMILES string of the molecule is N#Cc1nc(F)c(F)c(F)c1F. The number of rotatable bonds is 0. The Hall–Kier alpha value is -1.64. The lowest BCUT2D eigenvalue weighted by Gasteiger charge is -1.96. The second kappa shape index (κ2) is 2.77. The first-order valence-electron chi connectivity index (χ1n) is 2.68. The first-order chi connectivity index (χ1) is 5.57. The Morgan fingerprint density at radius 1 is 1.00 bits per heavy atom. The summed E-state index contributed by atoms with van der Waals surface area (Å²) in [6, 6.07) is 1.07. The number of hydrogen-bond donors (Lipinski definition) is 0. The van der Waals surface area contributed by atoms with Crippen molar-refractivity contribution in [1.29, 1.82) is 5.26 Å². The number of nitrogens with zero attached hydrogens (tertiary/aromatic N) is 2. The number of pyridine rings is 1. The average Bonchev–Trinajstić information content (AvgIpc) is 2.08. The topological polar surface area (TPSA) is 36.7 Å². The van der Waals surface area contributed by atoms with Gasteiger partial charge in [-0.05, 0) is 0 Å². The molecule has 0 aromatic carbocycles. The van der Waals surface area contributed by atoms with Crippen molar-refractivity contribution < 1.29 is 17.6 Å². The Morgan fingerprint density at radius 2 is 1.58 bits per heavy atom. The van der Waals surface area contributed by atoms with Crippen molar-refractivity contribution >= 4 is 0 Å². The first kappa shape index (κ1) is 8.46. The van der Waals surface area contributed by atoms with Crippen LogP contribution in [0.25, 0.3) is 0 Å². The van der Waals surface area contributed by atoms with E-state index in [-0.39, 0.29) is 0 Å². The van der Waals surface area contributed by atoms with E-state index in [4.69, 9.17) is 5.26 Å². The molecule has 0 fully saturated rings. The molecule has 1 rings (SSSR count). The van der Waals surface area contributed by atoms with Gasteiger partial charge < -0.3 is 0 Å². The number of nitriles is 1. The standard InChI is InChI=1S/C6F4N2/c7-3-2(1-11)12-6(10)5(9)4(3)8. The zero-order valence-electron chi connectivity index (χ0n) is 5.41. The lowest BCUT2D eigenvalue weighted by molar-refractivity contribution is 0.389. The van der Waals surface area contributed by atoms with E-state index in [0.717, 1.165) is 6.07 Å². The molecule has 62 valence electrons. The highest BCUT2D eigenvalue weighted by Crippen LogP contribution is 2.14. The van der Waals surface area contributed by atoms with Crippen LogP contribution in [0.15, 0.2) is 0 Å². The zero-order chi connectivity index (χ0) is 9.30. The zero-order valence-corrected chi connectivity index (χ0v) is 5.41. The molecule has 0 amide bonds. The Kier molecular flexibility index (Phi) is 1.95. The van der Waals surface area contributed by atoms with E-state index in [1.165, 1.54) is 0 Å². The molecule has 2 nitrogen and oxygen atoms in total. The van der Waals surface area contributed by atoms with Crippen LogP contribution in [-0.4, -0.2) is 4.98 Å². The van der Waals surface area contributed by atoms with Crippen molar-refractivity contribution in [3.8, 4) is 6.07 Å². The molecule has 1 heterocycles. The summed E-state index contributed by atoms with van der Waals surface area (Å²) in [5.74, 6) is -7.66. The van der Waals surface area contributed by atoms with Gasteiger partial charge in [0.1, 0.15) is 6.07 Å². The van der Waals surface area contributed by atoms with Gasteiger partial charge in [0, 0.05) is 0 Å². The molecule has 1 aromatic rings. The molecule has 6 heteroatoms. The minimum atomic E-state index is -2.03. The summed E-state index contributed by atoms with van der Waals surface area (Å²) in [6.07, 6.45) is 0. The van der Waals surface area contributed by atoms with Crippen molar-refractivity contribution in [2.75, 3.05) is 0 Å². The molecule has 0 aliphatic carbocycles. The van der Waals surface area contributed by atoms with E-state index in [2.05, 4.69) is 4.98 Å². The van der Waals surface area contributed by atoms with Crippen LogP contribution in [0.1, 0.15) is 5.69 Å². The maximum absolute atomic E-state index is 12.4. The monoisotopic (exact) mass is 176 g/mol. The number of aromatic nitrogens is 1. The summed E-state index contributed by atoms with van der Waals surface area (Å²) in [5, 5.41) is 8.05. The summed E-state index contributed by atoms with van der Waals surface area (Å²) < 4.78 is 48.9. The van der Waals surface area contributed by atoms with Crippen LogP contribution in [0.2, 0.25) is 0 Å². The summed E-state index contributed by atoms with van der Waals surface area (Å²) in [7, 11) is 0. The molecule has 0 bridgehead atoms. The van der Waals surface area contributed by atoms with Gasteiger partial charge in [-0.15, -0.1) is 0 Å². The lowest BCUT2D eigenvalue weighted by atomic mass is 10.3. The van der Waals surface area contributed by atoms with Crippen molar-refractivity contribution in [3.05, 3.63) is 29.1 Å². The molecule has 0 saturated carbocycles. The highest BCUT2D eigenvalue weighted by Gasteiger charge is 2.19. The van der Waals surface area contributed by atoms with Gasteiger partial charge in [0.15, 0.2) is 11.5 Å². The smallest absolute Gasteiger partial charge is 0.203 e. The Bertz CT molecular complexity index is 369. The number of hydrogen-bond acceptors (Lipinski definition) is 2. The predicted octanol–water partition coefficient (Wildman–Crippen LogP) is 1.51. The Labute approximate surface area is 64.1 Å². The van der Waals surface area contributed by atoms with Crippen molar-refractivity contribution in [2.45, 2.75) is 0 Å². The van der Waals surface area contributed by atoms with Gasteiger partial charge >= 0.3 is 0 Å². The molecule has 0 atom stereocenters. The third kappa shape index (κ3) is 1.09. The molecule has 0 aliphatic rings. The largest absolute Gasteiger partial charge is 0.253 e. The van der Waals surface area contributed by atoms with Crippen LogP contribution < -0.4 is 0 Å². The maximum Gasteiger partial charge on any atom is 0.253 e. The minimum Gasteiger partial charge on any atom is -0.203 e. The van der Waals surface area contributed by atoms with E-state index >= 15 is 0 Å². The highest BCUT2D eigenvalue weighted by molar-refractivity contribution is 5.23. The molecule has 0 aliphatic heterocycles. The van der Waals surface area contributed by atoms with Crippen LogP contribution in [0.4, 0.5) is 17.6 Å². The Balaban J connectivity index is 3.52. The van der Waals surface area contributed by atoms with E-state index in [0.29, 0.717) is 0 Å². The van der Waals surface area contributed by atoms with Gasteiger partial charge in [-0.2, -0.15) is 14.0 Å².